The molecule has 1 aromatic heterocycles. The SMILES string of the molecule is C=Cc1nc(NC(/C=C\CC)=C/C)sc1CCOC. The Bertz CT molecular complexity index is 461. The summed E-state index contributed by atoms with van der Waals surface area (Å²) >= 11 is 1.65. The Morgan fingerprint density at radius 1 is 1.53 bits per heavy atom. The van der Waals surface area contributed by atoms with Crippen molar-refractivity contribution in [2.75, 3.05) is 19.0 Å². The average molecular weight is 278 g/mol. The Kier molecular flexibility index (Phi) is 7.15. The van der Waals surface area contributed by atoms with Crippen LogP contribution < -0.4 is 5.32 Å². The van der Waals surface area contributed by atoms with E-state index in [2.05, 4.69) is 36.0 Å². The molecule has 104 valence electrons. The summed E-state index contributed by atoms with van der Waals surface area (Å²) < 4.78 is 5.11. The summed E-state index contributed by atoms with van der Waals surface area (Å²) in [5.74, 6) is 0. The van der Waals surface area contributed by atoms with E-state index in [1.165, 1.54) is 4.88 Å². The molecular formula is C15H22N2OS. The number of anilines is 1. The number of hydrogen-bond acceptors (Lipinski definition) is 4. The highest BCUT2D eigenvalue weighted by Gasteiger charge is 2.08. The third-order valence-electron chi connectivity index (χ3n) is 2.55. The van der Waals surface area contributed by atoms with Gasteiger partial charge in [-0.3, -0.25) is 0 Å². The van der Waals surface area contributed by atoms with Gasteiger partial charge in [-0.25, -0.2) is 4.98 Å². The molecule has 19 heavy (non-hydrogen) atoms. The van der Waals surface area contributed by atoms with Gasteiger partial charge in [0.1, 0.15) is 0 Å². The molecule has 0 spiro atoms. The molecule has 0 aliphatic rings. The van der Waals surface area contributed by atoms with Crippen LogP contribution in [-0.4, -0.2) is 18.7 Å². The zero-order valence-electron chi connectivity index (χ0n) is 11.9. The van der Waals surface area contributed by atoms with E-state index in [1.807, 2.05) is 13.0 Å². The molecule has 0 atom stereocenters. The maximum absolute atomic E-state index is 5.11. The lowest BCUT2D eigenvalue weighted by atomic mass is 10.3. The second kappa shape index (κ2) is 8.67. The van der Waals surface area contributed by atoms with Gasteiger partial charge in [-0.2, -0.15) is 0 Å². The molecule has 0 fully saturated rings. The predicted octanol–water partition coefficient (Wildman–Crippen LogP) is 4.26. The molecule has 0 saturated heterocycles. The van der Waals surface area contributed by atoms with Crippen LogP contribution in [0.2, 0.25) is 0 Å². The van der Waals surface area contributed by atoms with Crippen LogP contribution in [-0.2, 0) is 11.2 Å². The van der Waals surface area contributed by atoms with Gasteiger partial charge in [0.15, 0.2) is 5.13 Å². The van der Waals surface area contributed by atoms with Crippen LogP contribution >= 0.6 is 11.3 Å². The largest absolute Gasteiger partial charge is 0.384 e. The van der Waals surface area contributed by atoms with Crippen LogP contribution in [0.15, 0.2) is 30.5 Å². The van der Waals surface area contributed by atoms with Gasteiger partial charge in [0.25, 0.3) is 0 Å². The molecule has 3 nitrogen and oxygen atoms in total. The fraction of sp³-hybridized carbons (Fsp3) is 0.400. The first-order valence-corrected chi connectivity index (χ1v) is 7.27. The number of nitrogens with one attached hydrogen (secondary N) is 1. The van der Waals surface area contributed by atoms with Gasteiger partial charge in [-0.15, -0.1) is 11.3 Å². The van der Waals surface area contributed by atoms with Crippen molar-refractivity contribution in [2.24, 2.45) is 0 Å². The zero-order valence-corrected chi connectivity index (χ0v) is 12.7. The van der Waals surface area contributed by atoms with Crippen molar-refractivity contribution in [3.63, 3.8) is 0 Å². The molecule has 1 aromatic rings. The van der Waals surface area contributed by atoms with Crippen molar-refractivity contribution in [1.29, 1.82) is 0 Å². The van der Waals surface area contributed by atoms with E-state index >= 15 is 0 Å². The lowest BCUT2D eigenvalue weighted by Gasteiger charge is -2.01. The van der Waals surface area contributed by atoms with Gasteiger partial charge in [-0.1, -0.05) is 25.7 Å². The van der Waals surface area contributed by atoms with Gasteiger partial charge in [0, 0.05) is 24.1 Å². The normalized spacial score (nSPS) is 12.1. The Hall–Kier alpha value is -1.39. The Labute approximate surface area is 119 Å². The summed E-state index contributed by atoms with van der Waals surface area (Å²) in [6.07, 6.45) is 9.92. The third kappa shape index (κ3) is 5.01. The molecule has 0 aliphatic heterocycles. The molecule has 4 heteroatoms. The summed E-state index contributed by atoms with van der Waals surface area (Å²) in [7, 11) is 1.71. The first kappa shape index (κ1) is 15.7. The number of methoxy groups -OCH3 is 1. The van der Waals surface area contributed by atoms with E-state index < -0.39 is 0 Å². The van der Waals surface area contributed by atoms with Gasteiger partial charge >= 0.3 is 0 Å². The summed E-state index contributed by atoms with van der Waals surface area (Å²) in [6.45, 7) is 8.64. The molecule has 0 radical (unpaired) electrons. The van der Waals surface area contributed by atoms with Crippen molar-refractivity contribution >= 4 is 22.5 Å². The molecule has 1 N–H and O–H groups in total. The Balaban J connectivity index is 2.81. The van der Waals surface area contributed by atoms with Gasteiger partial charge in [0.2, 0.25) is 0 Å². The summed E-state index contributed by atoms with van der Waals surface area (Å²) in [5.41, 5.74) is 2.00. The Morgan fingerprint density at radius 2 is 2.32 bits per heavy atom. The second-order valence-electron chi connectivity index (χ2n) is 3.95. The minimum atomic E-state index is 0.703. The minimum Gasteiger partial charge on any atom is -0.384 e. The number of nitrogens with zero attached hydrogens (tertiary/aromatic N) is 1. The molecule has 0 aromatic carbocycles. The quantitative estimate of drug-likeness (QED) is 0.722. The molecule has 0 bridgehead atoms. The number of hydrogen-bond donors (Lipinski definition) is 1. The number of ether oxygens (including phenoxy) is 1. The van der Waals surface area contributed by atoms with E-state index in [0.717, 1.165) is 29.4 Å². The van der Waals surface area contributed by atoms with Gasteiger partial charge in [0.05, 0.1) is 12.3 Å². The van der Waals surface area contributed by atoms with Gasteiger partial charge in [-0.05, 0) is 25.5 Å². The number of allylic oxidation sites excluding steroid dienone is 3. The first-order chi connectivity index (χ1) is 9.24. The standard InChI is InChI=1S/C15H22N2OS/c1-5-8-9-12(6-2)16-15-17-13(7-3)14(19-15)10-11-18-4/h6-9H,3,5,10-11H2,1-2,4H3,(H,16,17)/b9-8-,12-6+. The van der Waals surface area contributed by atoms with Crippen molar-refractivity contribution in [3.05, 3.63) is 41.1 Å². The van der Waals surface area contributed by atoms with Crippen LogP contribution in [0.25, 0.3) is 6.08 Å². The molecule has 0 saturated carbocycles. The monoisotopic (exact) mass is 278 g/mol. The molecule has 1 heterocycles. The molecule has 0 amide bonds. The van der Waals surface area contributed by atoms with Crippen LogP contribution in [0.5, 0.6) is 0 Å². The maximum atomic E-state index is 5.11. The fourth-order valence-electron chi connectivity index (χ4n) is 1.53. The van der Waals surface area contributed by atoms with E-state index in [4.69, 9.17) is 4.74 Å². The molecule has 0 unspecified atom stereocenters. The predicted molar refractivity (Wildman–Crippen MR) is 84.6 cm³/mol. The smallest absolute Gasteiger partial charge is 0.187 e. The number of aromatic nitrogens is 1. The summed E-state index contributed by atoms with van der Waals surface area (Å²) in [6, 6.07) is 0. The third-order valence-corrected chi connectivity index (χ3v) is 3.60. The van der Waals surface area contributed by atoms with Crippen LogP contribution in [0.4, 0.5) is 5.13 Å². The molecular weight excluding hydrogens is 256 g/mol. The van der Waals surface area contributed by atoms with Crippen molar-refractivity contribution in [2.45, 2.75) is 26.7 Å². The van der Waals surface area contributed by atoms with Crippen molar-refractivity contribution in [1.82, 2.24) is 4.98 Å². The minimum absolute atomic E-state index is 0.703. The van der Waals surface area contributed by atoms with Crippen molar-refractivity contribution in [3.8, 4) is 0 Å². The van der Waals surface area contributed by atoms with E-state index in [1.54, 1.807) is 24.5 Å². The highest BCUT2D eigenvalue weighted by Crippen LogP contribution is 2.25. The molecule has 1 rings (SSSR count). The summed E-state index contributed by atoms with van der Waals surface area (Å²) in [4.78, 5) is 5.74. The van der Waals surface area contributed by atoms with E-state index in [0.29, 0.717) is 6.61 Å². The second-order valence-corrected chi connectivity index (χ2v) is 5.04. The van der Waals surface area contributed by atoms with Crippen LogP contribution in [0.3, 0.4) is 0 Å². The summed E-state index contributed by atoms with van der Waals surface area (Å²) in [5, 5.41) is 4.23. The van der Waals surface area contributed by atoms with Crippen LogP contribution in [0, 0.1) is 0 Å². The topological polar surface area (TPSA) is 34.2 Å². The first-order valence-electron chi connectivity index (χ1n) is 6.46. The highest BCUT2D eigenvalue weighted by molar-refractivity contribution is 7.15. The Morgan fingerprint density at radius 3 is 2.89 bits per heavy atom. The van der Waals surface area contributed by atoms with Crippen molar-refractivity contribution < 1.29 is 4.74 Å². The van der Waals surface area contributed by atoms with E-state index in [-0.39, 0.29) is 0 Å². The molecule has 0 aliphatic carbocycles. The van der Waals surface area contributed by atoms with Gasteiger partial charge < -0.3 is 10.1 Å². The lowest BCUT2D eigenvalue weighted by Crippen LogP contribution is -1.95. The average Bonchev–Trinajstić information content (AvgIpc) is 2.83. The number of rotatable bonds is 8. The van der Waals surface area contributed by atoms with Crippen LogP contribution in [0.1, 0.15) is 30.8 Å². The highest BCUT2D eigenvalue weighted by atomic mass is 32.1. The van der Waals surface area contributed by atoms with E-state index in [9.17, 15) is 0 Å². The fourth-order valence-corrected chi connectivity index (χ4v) is 2.49. The lowest BCUT2D eigenvalue weighted by molar-refractivity contribution is 0.203. The number of thiazole rings is 1. The zero-order chi connectivity index (χ0) is 14.1. The maximum Gasteiger partial charge on any atom is 0.187 e.